The zero-order valence-corrected chi connectivity index (χ0v) is 28.0. The Kier molecular flexibility index (Phi) is 13.8. The third-order valence-electron chi connectivity index (χ3n) is 7.67. The van der Waals surface area contributed by atoms with Crippen molar-refractivity contribution in [3.05, 3.63) is 29.8 Å². The summed E-state index contributed by atoms with van der Waals surface area (Å²) in [6.45, 7) is 25.4. The summed E-state index contributed by atoms with van der Waals surface area (Å²) in [5.74, 6) is 1.04. The fourth-order valence-corrected chi connectivity index (χ4v) is 5.14. The quantitative estimate of drug-likeness (QED) is 0.0869. The lowest BCUT2D eigenvalue weighted by molar-refractivity contribution is -0.134. The number of methoxy groups -OCH3 is 1. The summed E-state index contributed by atoms with van der Waals surface area (Å²) in [6, 6.07) is 5.73. The Morgan fingerprint density at radius 2 is 1.11 bits per heavy atom. The maximum atomic E-state index is 11.6. The smallest absolute Gasteiger partial charge is 0.330 e. The first-order chi connectivity index (χ1) is 17.5. The van der Waals surface area contributed by atoms with Gasteiger partial charge in [0.15, 0.2) is 16.6 Å². The molecular weight excluding hydrogens is 512 g/mol. The van der Waals surface area contributed by atoms with Gasteiger partial charge in [-0.15, -0.1) is 0 Å². The maximum absolute atomic E-state index is 11.6. The summed E-state index contributed by atoms with van der Waals surface area (Å²) in [6.07, 6.45) is 6.83. The average molecular weight is 567 g/mol. The molecule has 0 aromatic heterocycles. The summed E-state index contributed by atoms with van der Waals surface area (Å²) in [7, 11) is -2.06. The van der Waals surface area contributed by atoms with E-state index in [0.717, 1.165) is 56.0 Å². The van der Waals surface area contributed by atoms with E-state index < -0.39 is 22.6 Å². The van der Waals surface area contributed by atoms with Gasteiger partial charge in [0.1, 0.15) is 11.5 Å². The van der Waals surface area contributed by atoms with Crippen LogP contribution >= 0.6 is 0 Å². The van der Waals surface area contributed by atoms with Crippen LogP contribution in [0.1, 0.15) is 72.8 Å². The lowest BCUT2D eigenvalue weighted by Crippen LogP contribution is -2.41. The molecule has 8 heteroatoms. The van der Waals surface area contributed by atoms with Crippen LogP contribution in [-0.4, -0.2) is 56.1 Å². The van der Waals surface area contributed by atoms with Gasteiger partial charge < -0.3 is 23.1 Å². The topological polar surface area (TPSA) is 63.2 Å². The summed E-state index contributed by atoms with van der Waals surface area (Å²) < 4.78 is 29.3. The van der Waals surface area contributed by atoms with Crippen LogP contribution in [0.5, 0.6) is 11.5 Å². The van der Waals surface area contributed by atoms with Gasteiger partial charge in [-0.25, -0.2) is 4.79 Å². The minimum atomic E-state index is -1.71. The maximum Gasteiger partial charge on any atom is 0.330 e. The molecule has 0 aliphatic carbocycles. The molecular formula is C30H54O6Si2. The van der Waals surface area contributed by atoms with E-state index in [9.17, 15) is 4.79 Å². The highest BCUT2D eigenvalue weighted by molar-refractivity contribution is 6.74. The van der Waals surface area contributed by atoms with E-state index in [4.69, 9.17) is 23.1 Å². The van der Waals surface area contributed by atoms with Crippen LogP contribution in [0.2, 0.25) is 36.3 Å². The van der Waals surface area contributed by atoms with Gasteiger partial charge in [-0.3, -0.25) is 0 Å². The molecule has 1 aromatic carbocycles. The Bertz CT molecular complexity index is 825. The first-order valence-corrected chi connectivity index (χ1v) is 19.7. The highest BCUT2D eigenvalue weighted by Crippen LogP contribution is 2.37. The van der Waals surface area contributed by atoms with Crippen LogP contribution in [0.25, 0.3) is 6.08 Å². The van der Waals surface area contributed by atoms with Crippen LogP contribution in [0, 0.1) is 0 Å². The minimum absolute atomic E-state index is 0.218. The van der Waals surface area contributed by atoms with Gasteiger partial charge in [-0.1, -0.05) is 41.5 Å². The van der Waals surface area contributed by atoms with Gasteiger partial charge >= 0.3 is 5.97 Å². The Morgan fingerprint density at radius 3 is 1.47 bits per heavy atom. The molecule has 218 valence electrons. The van der Waals surface area contributed by atoms with Crippen molar-refractivity contribution in [3.8, 4) is 11.5 Å². The van der Waals surface area contributed by atoms with Crippen molar-refractivity contribution in [3.63, 3.8) is 0 Å². The normalized spacial score (nSPS) is 13.1. The molecule has 0 heterocycles. The van der Waals surface area contributed by atoms with Gasteiger partial charge in [0.05, 0.1) is 20.3 Å². The van der Waals surface area contributed by atoms with Gasteiger partial charge in [0.25, 0.3) is 0 Å². The number of benzene rings is 1. The Morgan fingerprint density at radius 1 is 0.711 bits per heavy atom. The van der Waals surface area contributed by atoms with Crippen molar-refractivity contribution in [2.45, 2.75) is 103 Å². The molecule has 6 nitrogen and oxygen atoms in total. The summed E-state index contributed by atoms with van der Waals surface area (Å²) in [5, 5.41) is 0.436. The number of rotatable bonds is 16. The number of ether oxygens (including phenoxy) is 3. The van der Waals surface area contributed by atoms with Crippen LogP contribution in [0.3, 0.4) is 0 Å². The van der Waals surface area contributed by atoms with Crippen molar-refractivity contribution in [2.75, 3.05) is 33.5 Å². The van der Waals surface area contributed by atoms with E-state index in [1.54, 1.807) is 6.08 Å². The van der Waals surface area contributed by atoms with Gasteiger partial charge in [-0.05, 0) is 85.7 Å². The first kappa shape index (κ1) is 34.4. The van der Waals surface area contributed by atoms with E-state index in [1.807, 2.05) is 18.2 Å². The zero-order valence-electron chi connectivity index (χ0n) is 26.0. The number of hydrogen-bond acceptors (Lipinski definition) is 6. The summed E-state index contributed by atoms with van der Waals surface area (Å²) in [5.41, 5.74) is 0.824. The molecule has 0 N–H and O–H groups in total. The summed E-state index contributed by atoms with van der Waals surface area (Å²) in [4.78, 5) is 11.6. The number of carbonyl (C=O) groups is 1. The van der Waals surface area contributed by atoms with E-state index in [-0.39, 0.29) is 10.1 Å². The molecule has 0 amide bonds. The van der Waals surface area contributed by atoms with Crippen molar-refractivity contribution in [2.24, 2.45) is 0 Å². The van der Waals surface area contributed by atoms with Crippen molar-refractivity contribution < 1.29 is 27.9 Å². The van der Waals surface area contributed by atoms with Crippen LogP contribution in [0.15, 0.2) is 24.3 Å². The molecule has 0 saturated carbocycles. The lowest BCUT2D eigenvalue weighted by atomic mass is 10.2. The molecule has 0 fully saturated rings. The second-order valence-electron chi connectivity index (χ2n) is 12.9. The molecule has 0 radical (unpaired) electrons. The molecule has 0 bridgehead atoms. The van der Waals surface area contributed by atoms with Crippen molar-refractivity contribution >= 4 is 28.7 Å². The van der Waals surface area contributed by atoms with Crippen LogP contribution in [-0.2, 0) is 18.4 Å². The largest absolute Gasteiger partial charge is 0.493 e. The minimum Gasteiger partial charge on any atom is -0.493 e. The average Bonchev–Trinajstić information content (AvgIpc) is 2.80. The fourth-order valence-electron chi connectivity index (χ4n) is 2.96. The molecule has 1 rings (SSSR count). The Hall–Kier alpha value is -1.62. The standard InChI is InChI=1S/C30H54O6Si2/c1-29(2,3)37(8,9)35-20-14-12-18-33-26-22-25(16-17-28(31)32-7)23-27(24-26)34-19-13-15-21-36-38(10,11)30(4,5)6/h16-17,22-24H,12-15,18-21H2,1-11H3/b17-16+. The predicted octanol–water partition coefficient (Wildman–Crippen LogP) is 8.23. The lowest BCUT2D eigenvalue weighted by Gasteiger charge is -2.36. The molecule has 38 heavy (non-hydrogen) atoms. The molecule has 0 atom stereocenters. The molecule has 1 aromatic rings. The SMILES string of the molecule is COC(=O)/C=C/c1cc(OCCCCO[Si](C)(C)C(C)(C)C)cc(OCCCCO[Si](C)(C)C(C)(C)C)c1. The third kappa shape index (κ3) is 12.5. The van der Waals surface area contributed by atoms with Crippen molar-refractivity contribution in [1.82, 2.24) is 0 Å². The zero-order chi connectivity index (χ0) is 29.0. The second-order valence-corrected chi connectivity index (χ2v) is 22.5. The van der Waals surface area contributed by atoms with E-state index in [2.05, 4.69) is 67.7 Å². The fraction of sp³-hybridized carbons (Fsp3) is 0.700. The number of hydrogen-bond donors (Lipinski definition) is 0. The van der Waals surface area contributed by atoms with E-state index in [1.165, 1.54) is 13.2 Å². The highest BCUT2D eigenvalue weighted by atomic mass is 28.4. The number of unbranched alkanes of at least 4 members (excludes halogenated alkanes) is 2. The van der Waals surface area contributed by atoms with Gasteiger partial charge in [-0.2, -0.15) is 0 Å². The Balaban J connectivity index is 2.62. The third-order valence-corrected chi connectivity index (χ3v) is 16.7. The number of carbonyl (C=O) groups excluding carboxylic acids is 1. The van der Waals surface area contributed by atoms with Gasteiger partial charge in [0, 0.05) is 25.4 Å². The monoisotopic (exact) mass is 566 g/mol. The Labute approximate surface area is 234 Å². The van der Waals surface area contributed by atoms with Crippen molar-refractivity contribution in [1.29, 1.82) is 0 Å². The molecule has 0 aliphatic heterocycles. The first-order valence-electron chi connectivity index (χ1n) is 13.9. The summed E-state index contributed by atoms with van der Waals surface area (Å²) >= 11 is 0. The van der Waals surface area contributed by atoms with Crippen LogP contribution < -0.4 is 9.47 Å². The molecule has 0 saturated heterocycles. The van der Waals surface area contributed by atoms with Gasteiger partial charge in [0.2, 0.25) is 0 Å². The predicted molar refractivity (Wildman–Crippen MR) is 163 cm³/mol. The second kappa shape index (κ2) is 15.2. The molecule has 0 spiro atoms. The number of esters is 1. The molecule has 0 aliphatic rings. The highest BCUT2D eigenvalue weighted by Gasteiger charge is 2.37. The molecule has 0 unspecified atom stereocenters. The van der Waals surface area contributed by atoms with E-state index >= 15 is 0 Å². The van der Waals surface area contributed by atoms with Crippen LogP contribution in [0.4, 0.5) is 0 Å². The van der Waals surface area contributed by atoms with E-state index in [0.29, 0.717) is 13.2 Å².